The third kappa shape index (κ3) is 7.09. The molecule has 11 heteroatoms. The maximum atomic E-state index is 14.6. The third-order valence-corrected chi connectivity index (χ3v) is 13.7. The molecular weight excluding hydrogens is 677 g/mol. The number of likely N-dealkylation sites (tertiary alicyclic amines) is 2. The number of piperidine rings is 1. The van der Waals surface area contributed by atoms with Crippen molar-refractivity contribution in [2.45, 2.75) is 123 Å². The summed E-state index contributed by atoms with van der Waals surface area (Å²) in [5.41, 5.74) is 4.41. The second kappa shape index (κ2) is 14.5. The van der Waals surface area contributed by atoms with Gasteiger partial charge in [0.15, 0.2) is 0 Å². The molecule has 1 aliphatic carbocycles. The maximum Gasteiger partial charge on any atom is 0.264 e. The predicted octanol–water partition coefficient (Wildman–Crippen LogP) is 7.17. The molecule has 0 bridgehead atoms. The van der Waals surface area contributed by atoms with Crippen molar-refractivity contribution in [1.82, 2.24) is 19.1 Å². The molecule has 0 radical (unpaired) electrons. The summed E-state index contributed by atoms with van der Waals surface area (Å²) in [7, 11) is -2.19. The lowest BCUT2D eigenvalue weighted by Crippen LogP contribution is -2.56. The summed E-state index contributed by atoms with van der Waals surface area (Å²) in [5.74, 6) is 0.557. The smallest absolute Gasteiger partial charge is 0.264 e. The highest BCUT2D eigenvalue weighted by molar-refractivity contribution is 7.90. The second-order valence-corrected chi connectivity index (χ2v) is 18.5. The van der Waals surface area contributed by atoms with Crippen molar-refractivity contribution in [2.24, 2.45) is 5.41 Å². The Bertz CT molecular complexity index is 1970. The lowest BCUT2D eigenvalue weighted by molar-refractivity contribution is -0.145. The summed E-state index contributed by atoms with van der Waals surface area (Å²) < 4.78 is 35.5. The molecule has 2 aromatic carbocycles. The Morgan fingerprint density at radius 1 is 0.962 bits per heavy atom. The highest BCUT2D eigenvalue weighted by atomic mass is 32.2. The van der Waals surface area contributed by atoms with Crippen molar-refractivity contribution in [2.75, 3.05) is 26.7 Å². The van der Waals surface area contributed by atoms with E-state index < -0.39 is 26.6 Å². The Labute approximate surface area is 309 Å². The van der Waals surface area contributed by atoms with Crippen molar-refractivity contribution in [3.63, 3.8) is 0 Å². The Morgan fingerprint density at radius 2 is 1.65 bits per heavy atom. The zero-order valence-electron chi connectivity index (χ0n) is 32.0. The summed E-state index contributed by atoms with van der Waals surface area (Å²) in [6.45, 7) is 13.2. The molecule has 10 nitrogen and oxygen atoms in total. The molecule has 3 fully saturated rings. The summed E-state index contributed by atoms with van der Waals surface area (Å²) in [6.07, 6.45) is 9.10. The first-order valence-electron chi connectivity index (χ1n) is 19.0. The Morgan fingerprint density at radius 3 is 2.27 bits per heavy atom. The molecular formula is C41H56N4O6S. The van der Waals surface area contributed by atoms with Crippen LogP contribution in [0.5, 0.6) is 5.75 Å². The monoisotopic (exact) mass is 732 g/mol. The van der Waals surface area contributed by atoms with Gasteiger partial charge in [-0.2, -0.15) is 0 Å². The number of ether oxygens (including phenoxy) is 1. The first-order valence-corrected chi connectivity index (χ1v) is 20.6. The third-order valence-electron chi connectivity index (χ3n) is 12.0. The quantitative estimate of drug-likeness (QED) is 0.249. The molecule has 3 aromatic rings. The van der Waals surface area contributed by atoms with Crippen LogP contribution in [0.25, 0.3) is 22.2 Å². The zero-order valence-corrected chi connectivity index (χ0v) is 32.8. The number of benzene rings is 2. The fourth-order valence-corrected chi connectivity index (χ4v) is 9.69. The molecule has 2 aliphatic heterocycles. The number of rotatable bonds is 9. The standard InChI is InChI=1S/C41H56N4O6S/c1-27(2)52(49,50)42-38(47)31-14-16-34-35(25-31)44(37(36(34)30-12-9-8-10-13-30)33-17-15-32(51-7)24-28(33)3)26-40(5,6)39(48)43-22-19-41(20-23-43)18-11-21-45(41)29(4)46/h14-17,24-25,27,30H,8-13,18-23,26H2,1-7H3,(H,42,47). The molecule has 3 amide bonds. The summed E-state index contributed by atoms with van der Waals surface area (Å²) >= 11 is 0. The van der Waals surface area contributed by atoms with Gasteiger partial charge in [-0.1, -0.05) is 25.3 Å². The van der Waals surface area contributed by atoms with E-state index in [1.165, 1.54) is 25.8 Å². The van der Waals surface area contributed by atoms with Crippen LogP contribution in [0.3, 0.4) is 0 Å². The van der Waals surface area contributed by atoms with Gasteiger partial charge in [-0.05, 0) is 121 Å². The molecule has 1 spiro atoms. The van der Waals surface area contributed by atoms with Gasteiger partial charge in [-0.3, -0.25) is 14.4 Å². The van der Waals surface area contributed by atoms with Crippen molar-refractivity contribution in [3.8, 4) is 17.0 Å². The van der Waals surface area contributed by atoms with Crippen LogP contribution < -0.4 is 9.46 Å². The number of fused-ring (bicyclic) bond motifs is 1. The zero-order chi connectivity index (χ0) is 37.6. The maximum absolute atomic E-state index is 14.6. The highest BCUT2D eigenvalue weighted by Crippen LogP contribution is 2.47. The van der Waals surface area contributed by atoms with E-state index in [0.29, 0.717) is 25.6 Å². The highest BCUT2D eigenvalue weighted by Gasteiger charge is 2.46. The molecule has 6 rings (SSSR count). The minimum absolute atomic E-state index is 0.0603. The first kappa shape index (κ1) is 37.9. The number of amides is 3. The van der Waals surface area contributed by atoms with Crippen LogP contribution in [0.15, 0.2) is 36.4 Å². The number of aryl methyl sites for hydroxylation is 1. The average molecular weight is 733 g/mol. The van der Waals surface area contributed by atoms with Crippen LogP contribution >= 0.6 is 0 Å². The van der Waals surface area contributed by atoms with Crippen molar-refractivity contribution in [1.29, 1.82) is 0 Å². The Balaban J connectivity index is 1.46. The van der Waals surface area contributed by atoms with Crippen LogP contribution in [-0.4, -0.2) is 78.0 Å². The van der Waals surface area contributed by atoms with Crippen LogP contribution in [-0.2, 0) is 26.2 Å². The van der Waals surface area contributed by atoms with E-state index in [1.54, 1.807) is 26.2 Å². The number of nitrogens with zero attached hydrogens (tertiary/aromatic N) is 3. The number of aromatic nitrogens is 1. The van der Waals surface area contributed by atoms with E-state index in [9.17, 15) is 22.8 Å². The normalized spacial score (nSPS) is 18.4. The molecule has 2 saturated heterocycles. The SMILES string of the molecule is COc1ccc(-c2c(C3CCCCC3)c3ccc(C(=O)NS(=O)(=O)C(C)C)cc3n2CC(C)(C)C(=O)N2CCC3(CCCN3C(C)=O)CC2)c(C)c1. The molecule has 1 N–H and O–H groups in total. The topological polar surface area (TPSA) is 118 Å². The molecule has 282 valence electrons. The van der Waals surface area contributed by atoms with Gasteiger partial charge in [0.05, 0.1) is 23.5 Å². The summed E-state index contributed by atoms with van der Waals surface area (Å²) in [6, 6.07) is 11.6. The minimum Gasteiger partial charge on any atom is -0.497 e. The van der Waals surface area contributed by atoms with Crippen LogP contribution in [0, 0.1) is 12.3 Å². The average Bonchev–Trinajstić information content (AvgIpc) is 3.66. The Hall–Kier alpha value is -3.86. The molecule has 0 atom stereocenters. The van der Waals surface area contributed by atoms with E-state index in [4.69, 9.17) is 4.74 Å². The van der Waals surface area contributed by atoms with E-state index in [-0.39, 0.29) is 22.9 Å². The number of carbonyl (C=O) groups excluding carboxylic acids is 3. The van der Waals surface area contributed by atoms with Crippen LogP contribution in [0.4, 0.5) is 0 Å². The van der Waals surface area contributed by atoms with Gasteiger partial charge < -0.3 is 19.1 Å². The number of nitrogens with one attached hydrogen (secondary N) is 1. The first-order chi connectivity index (χ1) is 24.6. The van der Waals surface area contributed by atoms with Gasteiger partial charge in [-0.25, -0.2) is 13.1 Å². The van der Waals surface area contributed by atoms with Gasteiger partial charge >= 0.3 is 0 Å². The lowest BCUT2D eigenvalue weighted by atomic mass is 9.81. The van der Waals surface area contributed by atoms with Gasteiger partial charge in [-0.15, -0.1) is 0 Å². The van der Waals surface area contributed by atoms with E-state index in [1.807, 2.05) is 41.8 Å². The predicted molar refractivity (Wildman–Crippen MR) is 205 cm³/mol. The van der Waals surface area contributed by atoms with Gasteiger partial charge in [0.1, 0.15) is 5.75 Å². The van der Waals surface area contributed by atoms with Crippen molar-refractivity contribution in [3.05, 3.63) is 53.1 Å². The molecule has 3 heterocycles. The van der Waals surface area contributed by atoms with Gasteiger partial charge in [0.25, 0.3) is 5.91 Å². The summed E-state index contributed by atoms with van der Waals surface area (Å²) in [5, 5.41) is 0.261. The second-order valence-electron chi connectivity index (χ2n) is 16.3. The van der Waals surface area contributed by atoms with E-state index >= 15 is 0 Å². The fourth-order valence-electron chi connectivity index (χ4n) is 9.08. The van der Waals surface area contributed by atoms with E-state index in [2.05, 4.69) is 22.3 Å². The fraction of sp³-hybridized carbons (Fsp3) is 0.585. The van der Waals surface area contributed by atoms with Crippen molar-refractivity contribution >= 4 is 38.6 Å². The molecule has 3 aliphatic rings. The largest absolute Gasteiger partial charge is 0.497 e. The number of methoxy groups -OCH3 is 1. The molecule has 1 saturated carbocycles. The number of sulfonamides is 1. The molecule has 0 unspecified atom stereocenters. The minimum atomic E-state index is -3.84. The lowest BCUT2D eigenvalue weighted by Gasteiger charge is -2.46. The van der Waals surface area contributed by atoms with Gasteiger partial charge in [0, 0.05) is 60.7 Å². The summed E-state index contributed by atoms with van der Waals surface area (Å²) in [4.78, 5) is 44.5. The number of hydrogen-bond acceptors (Lipinski definition) is 6. The molecule has 1 aromatic heterocycles. The van der Waals surface area contributed by atoms with E-state index in [0.717, 1.165) is 91.4 Å². The number of carbonyl (C=O) groups is 3. The number of hydrogen-bond donors (Lipinski definition) is 1. The molecule has 52 heavy (non-hydrogen) atoms. The Kier molecular flexibility index (Phi) is 10.6. The van der Waals surface area contributed by atoms with Crippen LogP contribution in [0.2, 0.25) is 0 Å². The van der Waals surface area contributed by atoms with Crippen molar-refractivity contribution < 1.29 is 27.5 Å². The van der Waals surface area contributed by atoms with Crippen LogP contribution in [0.1, 0.15) is 120 Å². The van der Waals surface area contributed by atoms with Gasteiger partial charge in [0.2, 0.25) is 21.8 Å².